The van der Waals surface area contributed by atoms with Crippen molar-refractivity contribution in [3.63, 3.8) is 0 Å². The first-order chi connectivity index (χ1) is 10.8. The molecule has 0 saturated carbocycles. The molecule has 0 amide bonds. The van der Waals surface area contributed by atoms with Gasteiger partial charge >= 0.3 is 0 Å². The van der Waals surface area contributed by atoms with Crippen molar-refractivity contribution < 1.29 is 9.47 Å². The highest BCUT2D eigenvalue weighted by Gasteiger charge is 2.03. The number of hydrogen-bond acceptors (Lipinski definition) is 5. The third kappa shape index (κ3) is 2.85. The molecule has 0 aliphatic rings. The maximum Gasteiger partial charge on any atom is 0.222 e. The topological polar surface area (TPSA) is 71.5 Å². The number of ether oxygens (including phenoxy) is 2. The smallest absolute Gasteiger partial charge is 0.222 e. The minimum absolute atomic E-state index is 0.583. The number of hydrazone groups is 1. The summed E-state index contributed by atoms with van der Waals surface area (Å²) in [4.78, 5) is 7.52. The van der Waals surface area contributed by atoms with Gasteiger partial charge in [0.2, 0.25) is 5.95 Å². The highest BCUT2D eigenvalue weighted by molar-refractivity contribution is 5.85. The van der Waals surface area contributed by atoms with Crippen LogP contribution in [0.25, 0.3) is 11.0 Å². The predicted octanol–water partition coefficient (Wildman–Crippen LogP) is 3.03. The highest BCUT2D eigenvalue weighted by Crippen LogP contribution is 2.22. The van der Waals surface area contributed by atoms with Gasteiger partial charge < -0.3 is 14.5 Å². The molecule has 0 aliphatic heterocycles. The van der Waals surface area contributed by atoms with Crippen LogP contribution in [0.1, 0.15) is 5.56 Å². The zero-order valence-corrected chi connectivity index (χ0v) is 12.3. The predicted molar refractivity (Wildman–Crippen MR) is 86.9 cm³/mol. The first-order valence-electron chi connectivity index (χ1n) is 6.76. The molecule has 1 heterocycles. The van der Waals surface area contributed by atoms with Crippen molar-refractivity contribution in [2.45, 2.75) is 0 Å². The average molecular weight is 296 g/mol. The first-order valence-corrected chi connectivity index (χ1v) is 6.76. The van der Waals surface area contributed by atoms with Gasteiger partial charge in [0.15, 0.2) is 0 Å². The van der Waals surface area contributed by atoms with Crippen molar-refractivity contribution in [2.24, 2.45) is 5.10 Å². The number of fused-ring (bicyclic) bond motifs is 1. The number of H-pyrrole nitrogens is 1. The van der Waals surface area contributed by atoms with E-state index in [0.29, 0.717) is 5.95 Å². The molecule has 0 aliphatic carbocycles. The molecule has 22 heavy (non-hydrogen) atoms. The Bertz CT molecular complexity index is 778. The summed E-state index contributed by atoms with van der Waals surface area (Å²) in [5, 5.41) is 4.19. The van der Waals surface area contributed by atoms with E-state index in [-0.39, 0.29) is 0 Å². The lowest BCUT2D eigenvalue weighted by Crippen LogP contribution is -1.96. The monoisotopic (exact) mass is 296 g/mol. The van der Waals surface area contributed by atoms with Crippen LogP contribution in [0.5, 0.6) is 11.5 Å². The molecule has 3 aromatic rings. The van der Waals surface area contributed by atoms with E-state index in [9.17, 15) is 0 Å². The van der Waals surface area contributed by atoms with Gasteiger partial charge in [0.1, 0.15) is 11.5 Å². The van der Waals surface area contributed by atoms with Crippen LogP contribution in [0, 0.1) is 0 Å². The number of anilines is 1. The van der Waals surface area contributed by atoms with Gasteiger partial charge in [-0.15, -0.1) is 0 Å². The second-order valence-corrected chi connectivity index (χ2v) is 4.58. The standard InChI is InChI=1S/C16H16N4O2/c1-21-12-7-8-15(22-2)11(9-12)10-17-20-16-18-13-5-3-4-6-14(13)19-16/h3-10H,1-2H3,(H2,18,19,20)/b17-10+. The van der Waals surface area contributed by atoms with E-state index >= 15 is 0 Å². The minimum atomic E-state index is 0.583. The van der Waals surface area contributed by atoms with E-state index in [1.165, 1.54) is 0 Å². The quantitative estimate of drug-likeness (QED) is 0.561. The molecule has 0 bridgehead atoms. The number of aromatic nitrogens is 2. The average Bonchev–Trinajstić information content (AvgIpc) is 2.97. The Morgan fingerprint density at radius 1 is 1.14 bits per heavy atom. The van der Waals surface area contributed by atoms with Crippen molar-refractivity contribution >= 4 is 23.2 Å². The molecule has 6 heteroatoms. The molecule has 6 nitrogen and oxygen atoms in total. The summed E-state index contributed by atoms with van der Waals surface area (Å²) in [6.45, 7) is 0. The Labute approximate surface area is 127 Å². The van der Waals surface area contributed by atoms with Crippen LogP contribution in [-0.2, 0) is 0 Å². The van der Waals surface area contributed by atoms with Crippen molar-refractivity contribution in [1.82, 2.24) is 9.97 Å². The van der Waals surface area contributed by atoms with Gasteiger partial charge in [-0.2, -0.15) is 5.10 Å². The molecule has 0 atom stereocenters. The Morgan fingerprint density at radius 3 is 2.77 bits per heavy atom. The second-order valence-electron chi connectivity index (χ2n) is 4.58. The molecule has 112 valence electrons. The van der Waals surface area contributed by atoms with E-state index in [0.717, 1.165) is 28.1 Å². The number of nitrogens with one attached hydrogen (secondary N) is 2. The fourth-order valence-corrected chi connectivity index (χ4v) is 2.11. The van der Waals surface area contributed by atoms with Gasteiger partial charge in [0.05, 0.1) is 31.5 Å². The first kappa shape index (κ1) is 13.9. The van der Waals surface area contributed by atoms with Crippen LogP contribution >= 0.6 is 0 Å². The number of aromatic amines is 1. The van der Waals surface area contributed by atoms with Crippen molar-refractivity contribution in [2.75, 3.05) is 19.6 Å². The van der Waals surface area contributed by atoms with Crippen LogP contribution in [0.15, 0.2) is 47.6 Å². The zero-order valence-electron chi connectivity index (χ0n) is 12.3. The van der Waals surface area contributed by atoms with Crippen molar-refractivity contribution in [1.29, 1.82) is 0 Å². The molecule has 0 fully saturated rings. The lowest BCUT2D eigenvalue weighted by molar-refractivity contribution is 0.402. The molecular formula is C16H16N4O2. The Hall–Kier alpha value is -3.02. The Morgan fingerprint density at radius 2 is 2.00 bits per heavy atom. The number of benzene rings is 2. The molecule has 2 N–H and O–H groups in total. The zero-order chi connectivity index (χ0) is 15.4. The number of hydrogen-bond donors (Lipinski definition) is 2. The summed E-state index contributed by atoms with van der Waals surface area (Å²) in [5.41, 5.74) is 5.53. The van der Waals surface area contributed by atoms with Gasteiger partial charge in [0.25, 0.3) is 0 Å². The number of methoxy groups -OCH3 is 2. The molecular weight excluding hydrogens is 280 g/mol. The lowest BCUT2D eigenvalue weighted by atomic mass is 10.2. The molecule has 0 saturated heterocycles. The molecule has 0 radical (unpaired) electrons. The normalized spacial score (nSPS) is 11.0. The third-order valence-electron chi connectivity index (χ3n) is 3.20. The van der Waals surface area contributed by atoms with Gasteiger partial charge in [-0.1, -0.05) is 12.1 Å². The van der Waals surface area contributed by atoms with E-state index in [1.807, 2.05) is 42.5 Å². The third-order valence-corrected chi connectivity index (χ3v) is 3.20. The van der Waals surface area contributed by atoms with E-state index in [4.69, 9.17) is 9.47 Å². The minimum Gasteiger partial charge on any atom is -0.497 e. The van der Waals surface area contributed by atoms with Crippen molar-refractivity contribution in [3.05, 3.63) is 48.0 Å². The number of para-hydroxylation sites is 2. The number of rotatable bonds is 5. The van der Waals surface area contributed by atoms with Gasteiger partial charge in [-0.25, -0.2) is 10.4 Å². The highest BCUT2D eigenvalue weighted by atomic mass is 16.5. The Kier molecular flexibility index (Phi) is 3.91. The maximum atomic E-state index is 5.30. The SMILES string of the molecule is COc1ccc(OC)c(/C=N/Nc2nc3ccccc3[nH]2)c1. The number of nitrogens with zero attached hydrogens (tertiary/aromatic N) is 2. The van der Waals surface area contributed by atoms with Crippen LogP contribution in [0.2, 0.25) is 0 Å². The summed E-state index contributed by atoms with van der Waals surface area (Å²) >= 11 is 0. The van der Waals surface area contributed by atoms with Crippen LogP contribution in [0.3, 0.4) is 0 Å². The Balaban J connectivity index is 1.79. The van der Waals surface area contributed by atoms with E-state index in [1.54, 1.807) is 20.4 Å². The summed E-state index contributed by atoms with van der Waals surface area (Å²) in [5.74, 6) is 2.04. The fourth-order valence-electron chi connectivity index (χ4n) is 2.11. The van der Waals surface area contributed by atoms with Crippen LogP contribution < -0.4 is 14.9 Å². The summed E-state index contributed by atoms with van der Waals surface area (Å²) in [7, 11) is 3.24. The largest absolute Gasteiger partial charge is 0.497 e. The van der Waals surface area contributed by atoms with Crippen LogP contribution in [-0.4, -0.2) is 30.4 Å². The molecule has 1 aromatic heterocycles. The summed E-state index contributed by atoms with van der Waals surface area (Å²) in [6, 6.07) is 13.3. The lowest BCUT2D eigenvalue weighted by Gasteiger charge is -2.06. The molecule has 2 aromatic carbocycles. The summed E-state index contributed by atoms with van der Waals surface area (Å²) in [6.07, 6.45) is 1.66. The van der Waals surface area contributed by atoms with Crippen molar-refractivity contribution in [3.8, 4) is 11.5 Å². The van der Waals surface area contributed by atoms with E-state index < -0.39 is 0 Å². The fraction of sp³-hybridized carbons (Fsp3) is 0.125. The molecule has 0 unspecified atom stereocenters. The van der Waals surface area contributed by atoms with Gasteiger partial charge in [-0.3, -0.25) is 0 Å². The van der Waals surface area contributed by atoms with E-state index in [2.05, 4.69) is 20.5 Å². The molecule has 0 spiro atoms. The van der Waals surface area contributed by atoms with Gasteiger partial charge in [-0.05, 0) is 30.3 Å². The maximum absolute atomic E-state index is 5.30. The summed E-state index contributed by atoms with van der Waals surface area (Å²) < 4.78 is 10.5. The van der Waals surface area contributed by atoms with Gasteiger partial charge in [0, 0.05) is 5.56 Å². The van der Waals surface area contributed by atoms with Crippen LogP contribution in [0.4, 0.5) is 5.95 Å². The number of imidazole rings is 1. The second kappa shape index (κ2) is 6.17. The molecule has 3 rings (SSSR count).